The van der Waals surface area contributed by atoms with Crippen molar-refractivity contribution >= 4 is 28.7 Å². The van der Waals surface area contributed by atoms with Crippen molar-refractivity contribution in [3.8, 4) is 0 Å². The number of benzene rings is 1. The molecule has 1 amide bonds. The first kappa shape index (κ1) is 24.9. The highest BCUT2D eigenvalue weighted by Crippen LogP contribution is 2.33. The van der Waals surface area contributed by atoms with E-state index in [-0.39, 0.29) is 23.4 Å². The topological polar surface area (TPSA) is 120 Å². The number of amides is 1. The van der Waals surface area contributed by atoms with E-state index >= 15 is 0 Å². The third kappa shape index (κ3) is 5.55. The second-order valence-electron chi connectivity index (χ2n) is 10.3. The van der Waals surface area contributed by atoms with Gasteiger partial charge in [0.05, 0.1) is 23.6 Å². The Kier molecular flexibility index (Phi) is 6.98. The number of nitro groups is 1. The number of nitrogens with zero attached hydrogens (tertiary/aromatic N) is 5. The zero-order chi connectivity index (χ0) is 25.3. The lowest BCUT2D eigenvalue weighted by Crippen LogP contribution is -2.53. The highest BCUT2D eigenvalue weighted by molar-refractivity contribution is 5.99. The summed E-state index contributed by atoms with van der Waals surface area (Å²) in [5, 5.41) is 16.7. The number of aromatic nitrogens is 2. The van der Waals surface area contributed by atoms with Crippen LogP contribution in [0, 0.1) is 10.1 Å². The molecule has 2 aliphatic rings. The Morgan fingerprint density at radius 2 is 1.69 bits per heavy atom. The van der Waals surface area contributed by atoms with Gasteiger partial charge in [-0.05, 0) is 52.5 Å². The van der Waals surface area contributed by atoms with Gasteiger partial charge in [-0.25, -0.2) is 9.59 Å². The summed E-state index contributed by atoms with van der Waals surface area (Å²) in [7, 11) is 1.20. The zero-order valence-electron chi connectivity index (χ0n) is 20.7. The summed E-state index contributed by atoms with van der Waals surface area (Å²) in [5.41, 5.74) is -0.325. The average molecular weight is 488 g/mol. The van der Waals surface area contributed by atoms with Crippen LogP contribution in [0.5, 0.6) is 0 Å². The van der Waals surface area contributed by atoms with Gasteiger partial charge in [0.25, 0.3) is 5.69 Å². The van der Waals surface area contributed by atoms with Crippen LogP contribution in [0.15, 0.2) is 18.3 Å². The predicted octanol–water partition coefficient (Wildman–Crippen LogP) is 3.77. The first-order valence-corrected chi connectivity index (χ1v) is 12.0. The Morgan fingerprint density at radius 3 is 2.26 bits per heavy atom. The number of ether oxygens (including phenoxy) is 2. The first-order chi connectivity index (χ1) is 16.6. The molecule has 1 saturated carbocycles. The van der Waals surface area contributed by atoms with Crippen LogP contribution in [0.2, 0.25) is 0 Å². The third-order valence-corrected chi connectivity index (χ3v) is 6.76. The SMILES string of the molecule is COC(=O)c1cc2nn(C3CCC(N4CCN(C(=O)OC(C)(C)C)CC4)CC3)cc2cc1[N+](=O)[O-]. The lowest BCUT2D eigenvalue weighted by Gasteiger charge is -2.42. The normalized spacial score (nSPS) is 21.7. The van der Waals surface area contributed by atoms with E-state index in [9.17, 15) is 19.7 Å². The largest absolute Gasteiger partial charge is 0.465 e. The van der Waals surface area contributed by atoms with E-state index in [0.717, 1.165) is 38.8 Å². The van der Waals surface area contributed by atoms with Gasteiger partial charge in [0, 0.05) is 49.9 Å². The van der Waals surface area contributed by atoms with Gasteiger partial charge in [0.1, 0.15) is 11.2 Å². The average Bonchev–Trinajstić information content (AvgIpc) is 3.25. The molecule has 0 bridgehead atoms. The minimum atomic E-state index is -0.750. The number of rotatable bonds is 4. The summed E-state index contributed by atoms with van der Waals surface area (Å²) in [5.74, 6) is -0.750. The van der Waals surface area contributed by atoms with E-state index in [1.807, 2.05) is 31.6 Å². The standard InChI is InChI=1S/C24H33N5O6/c1-24(2,3)35-23(31)27-11-9-26(10-12-27)17-5-7-18(8-6-17)28-15-16-13-21(29(32)33)19(22(30)34-4)14-20(16)25-28/h13-15,17-18H,5-12H2,1-4H3. The molecule has 2 heterocycles. The lowest BCUT2D eigenvalue weighted by atomic mass is 9.90. The molecule has 35 heavy (non-hydrogen) atoms. The number of carbonyl (C=O) groups is 2. The summed E-state index contributed by atoms with van der Waals surface area (Å²) in [6.07, 6.45) is 5.49. The maximum Gasteiger partial charge on any atom is 0.410 e. The number of hydrogen-bond acceptors (Lipinski definition) is 8. The summed E-state index contributed by atoms with van der Waals surface area (Å²) < 4.78 is 12.1. The maximum atomic E-state index is 12.3. The fourth-order valence-electron chi connectivity index (χ4n) is 4.97. The summed E-state index contributed by atoms with van der Waals surface area (Å²) in [6, 6.07) is 3.48. The summed E-state index contributed by atoms with van der Waals surface area (Å²) in [4.78, 5) is 39.4. The predicted molar refractivity (Wildman–Crippen MR) is 128 cm³/mol. The van der Waals surface area contributed by atoms with Crippen LogP contribution in [0.25, 0.3) is 10.9 Å². The fourth-order valence-corrected chi connectivity index (χ4v) is 4.97. The van der Waals surface area contributed by atoms with Gasteiger partial charge in [-0.2, -0.15) is 5.10 Å². The van der Waals surface area contributed by atoms with Gasteiger partial charge in [-0.3, -0.25) is 19.7 Å². The second-order valence-corrected chi connectivity index (χ2v) is 10.3. The van der Waals surface area contributed by atoms with Crippen molar-refractivity contribution in [2.24, 2.45) is 0 Å². The van der Waals surface area contributed by atoms with Gasteiger partial charge >= 0.3 is 12.1 Å². The molecule has 11 nitrogen and oxygen atoms in total. The molecule has 0 N–H and O–H groups in total. The molecule has 1 aromatic carbocycles. The van der Waals surface area contributed by atoms with E-state index in [2.05, 4.69) is 10.00 Å². The smallest absolute Gasteiger partial charge is 0.410 e. The molecule has 2 fully saturated rings. The highest BCUT2D eigenvalue weighted by atomic mass is 16.6. The fraction of sp³-hybridized carbons (Fsp3) is 0.625. The first-order valence-electron chi connectivity index (χ1n) is 12.0. The van der Waals surface area contributed by atoms with Crippen molar-refractivity contribution < 1.29 is 24.0 Å². The molecule has 1 aliphatic carbocycles. The minimum Gasteiger partial charge on any atom is -0.465 e. The number of hydrogen-bond donors (Lipinski definition) is 0. The molecule has 0 radical (unpaired) electrons. The molecule has 190 valence electrons. The van der Waals surface area contributed by atoms with E-state index in [4.69, 9.17) is 9.47 Å². The Hall–Kier alpha value is -3.21. The van der Waals surface area contributed by atoms with Crippen LogP contribution in [-0.4, -0.2) is 81.5 Å². The van der Waals surface area contributed by atoms with Gasteiger partial charge in [0.2, 0.25) is 0 Å². The molecule has 11 heteroatoms. The highest BCUT2D eigenvalue weighted by Gasteiger charge is 2.32. The van der Waals surface area contributed by atoms with Crippen LogP contribution in [0.4, 0.5) is 10.5 Å². The Labute approximate surface area is 204 Å². The molecule has 4 rings (SSSR count). The maximum absolute atomic E-state index is 12.3. The summed E-state index contributed by atoms with van der Waals surface area (Å²) >= 11 is 0. The van der Waals surface area contributed by atoms with Crippen LogP contribution in [0.1, 0.15) is 62.9 Å². The zero-order valence-corrected chi connectivity index (χ0v) is 20.7. The van der Waals surface area contributed by atoms with Crippen LogP contribution in [0.3, 0.4) is 0 Å². The number of esters is 1. The van der Waals surface area contributed by atoms with Crippen LogP contribution >= 0.6 is 0 Å². The lowest BCUT2D eigenvalue weighted by molar-refractivity contribution is -0.385. The molecule has 0 atom stereocenters. The number of piperazine rings is 1. The van der Waals surface area contributed by atoms with E-state index in [1.54, 1.807) is 4.90 Å². The molecular weight excluding hydrogens is 454 g/mol. The van der Waals surface area contributed by atoms with Gasteiger partial charge in [-0.15, -0.1) is 0 Å². The van der Waals surface area contributed by atoms with E-state index < -0.39 is 16.5 Å². The minimum absolute atomic E-state index is 0.0931. The van der Waals surface area contributed by atoms with E-state index in [0.29, 0.717) is 30.0 Å². The number of fused-ring (bicyclic) bond motifs is 1. The van der Waals surface area contributed by atoms with Gasteiger partial charge in [0.15, 0.2) is 0 Å². The second kappa shape index (κ2) is 9.80. The molecule has 1 aliphatic heterocycles. The molecule has 1 aromatic heterocycles. The van der Waals surface area contributed by atoms with Gasteiger partial charge < -0.3 is 14.4 Å². The third-order valence-electron chi connectivity index (χ3n) is 6.76. The Bertz CT molecular complexity index is 1110. The van der Waals surface area contributed by atoms with Crippen LogP contribution < -0.4 is 0 Å². The molecule has 1 saturated heterocycles. The van der Waals surface area contributed by atoms with Crippen LogP contribution in [-0.2, 0) is 9.47 Å². The number of nitro benzene ring substituents is 1. The Morgan fingerprint density at radius 1 is 1.06 bits per heavy atom. The van der Waals surface area contributed by atoms with Crippen molar-refractivity contribution in [3.05, 3.63) is 34.0 Å². The molecule has 2 aromatic rings. The van der Waals surface area contributed by atoms with Crippen molar-refractivity contribution in [2.75, 3.05) is 33.3 Å². The van der Waals surface area contributed by atoms with Crippen molar-refractivity contribution in [1.82, 2.24) is 19.6 Å². The molecule has 0 spiro atoms. The summed E-state index contributed by atoms with van der Waals surface area (Å²) in [6.45, 7) is 8.63. The number of methoxy groups -OCH3 is 1. The Balaban J connectivity index is 1.37. The molecular formula is C24H33N5O6. The quantitative estimate of drug-likeness (QED) is 0.363. The van der Waals surface area contributed by atoms with Crippen molar-refractivity contribution in [1.29, 1.82) is 0 Å². The molecule has 0 unspecified atom stereocenters. The van der Waals surface area contributed by atoms with Gasteiger partial charge in [-0.1, -0.05) is 0 Å². The van der Waals surface area contributed by atoms with E-state index in [1.165, 1.54) is 19.2 Å². The van der Waals surface area contributed by atoms with Crippen molar-refractivity contribution in [2.45, 2.75) is 64.1 Å². The van der Waals surface area contributed by atoms with Crippen molar-refractivity contribution in [3.63, 3.8) is 0 Å². The number of carbonyl (C=O) groups excluding carboxylic acids is 2. The monoisotopic (exact) mass is 487 g/mol.